The summed E-state index contributed by atoms with van der Waals surface area (Å²) in [4.78, 5) is 46.2. The van der Waals surface area contributed by atoms with Crippen molar-refractivity contribution in [3.8, 4) is 0 Å². The van der Waals surface area contributed by atoms with Crippen LogP contribution in [0.4, 0.5) is 11.4 Å². The Morgan fingerprint density at radius 3 is 2.27 bits per heavy atom. The van der Waals surface area contributed by atoms with Gasteiger partial charge in [0.2, 0.25) is 5.91 Å². The van der Waals surface area contributed by atoms with Gasteiger partial charge in [-0.05, 0) is 24.3 Å². The molecule has 0 atom stereocenters. The third kappa shape index (κ3) is 4.62. The molecule has 0 unspecified atom stereocenters. The van der Waals surface area contributed by atoms with Crippen LogP contribution in [0.25, 0.3) is 0 Å². The molecule has 8 heteroatoms. The number of hydrogen-bond acceptors (Lipinski definition) is 5. The number of carbonyl (C=O) groups excluding carboxylic acids is 2. The number of Topliss-reactive ketones (excluding diaryl/α,β-unsaturated/α-hetero) is 1. The van der Waals surface area contributed by atoms with Crippen molar-refractivity contribution in [2.45, 2.75) is 27.3 Å². The lowest BCUT2D eigenvalue weighted by Gasteiger charge is -2.17. The van der Waals surface area contributed by atoms with E-state index in [1.165, 1.54) is 12.1 Å². The molecule has 0 spiro atoms. The van der Waals surface area contributed by atoms with Crippen LogP contribution in [0.5, 0.6) is 0 Å². The first-order valence-electron chi connectivity index (χ1n) is 7.87. The number of carbonyl (C=O) groups is 2. The molecule has 1 heterocycles. The van der Waals surface area contributed by atoms with Gasteiger partial charge in [0.25, 0.3) is 11.2 Å². The van der Waals surface area contributed by atoms with Gasteiger partial charge in [0.15, 0.2) is 5.78 Å². The Hall–Kier alpha value is -3.29. The molecule has 0 aliphatic carbocycles. The minimum absolute atomic E-state index is 0.153. The molecule has 2 aromatic rings. The SMILES string of the molecule is CC(C)(C)C(=O)Nc1ccc(C(=O)Cn2cc([N+](=O)[O-])ccc2=O)cc1. The minimum atomic E-state index is -0.632. The van der Waals surface area contributed by atoms with E-state index in [-0.39, 0.29) is 23.9 Å². The summed E-state index contributed by atoms with van der Waals surface area (Å²) in [7, 11) is 0. The third-order valence-electron chi connectivity index (χ3n) is 3.64. The Morgan fingerprint density at radius 1 is 1.12 bits per heavy atom. The maximum Gasteiger partial charge on any atom is 0.285 e. The second kappa shape index (κ2) is 7.30. The summed E-state index contributed by atoms with van der Waals surface area (Å²) in [6.45, 7) is 5.05. The second-order valence-corrected chi connectivity index (χ2v) is 6.82. The summed E-state index contributed by atoms with van der Waals surface area (Å²) in [5.41, 5.74) is -0.431. The molecule has 0 aliphatic heterocycles. The number of anilines is 1. The zero-order chi connectivity index (χ0) is 19.5. The van der Waals surface area contributed by atoms with E-state index in [0.717, 1.165) is 22.9 Å². The van der Waals surface area contributed by atoms with E-state index < -0.39 is 15.9 Å². The molecule has 8 nitrogen and oxygen atoms in total. The number of ketones is 1. The van der Waals surface area contributed by atoms with Gasteiger partial charge in [0, 0.05) is 28.8 Å². The van der Waals surface area contributed by atoms with Gasteiger partial charge in [-0.1, -0.05) is 20.8 Å². The predicted octanol–water partition coefficient (Wildman–Crippen LogP) is 2.62. The maximum atomic E-state index is 12.3. The van der Waals surface area contributed by atoms with Crippen LogP contribution in [0.15, 0.2) is 47.4 Å². The van der Waals surface area contributed by atoms with Crippen LogP contribution in [0.1, 0.15) is 31.1 Å². The number of nitro groups is 1. The minimum Gasteiger partial charge on any atom is -0.326 e. The third-order valence-corrected chi connectivity index (χ3v) is 3.64. The Kier molecular flexibility index (Phi) is 5.35. The van der Waals surface area contributed by atoms with E-state index in [2.05, 4.69) is 5.32 Å². The van der Waals surface area contributed by atoms with Gasteiger partial charge >= 0.3 is 0 Å². The van der Waals surface area contributed by atoms with Crippen molar-refractivity contribution in [1.82, 2.24) is 4.57 Å². The molecule has 0 saturated carbocycles. The lowest BCUT2D eigenvalue weighted by molar-refractivity contribution is -0.385. The summed E-state index contributed by atoms with van der Waals surface area (Å²) in [6, 6.07) is 8.39. The molecule has 1 amide bonds. The van der Waals surface area contributed by atoms with Gasteiger partial charge < -0.3 is 9.88 Å². The van der Waals surface area contributed by atoms with Crippen LogP contribution in [0.3, 0.4) is 0 Å². The number of amides is 1. The van der Waals surface area contributed by atoms with Crippen LogP contribution in [-0.2, 0) is 11.3 Å². The quantitative estimate of drug-likeness (QED) is 0.502. The lowest BCUT2D eigenvalue weighted by Crippen LogP contribution is -2.27. The monoisotopic (exact) mass is 357 g/mol. The smallest absolute Gasteiger partial charge is 0.285 e. The molecular weight excluding hydrogens is 338 g/mol. The van der Waals surface area contributed by atoms with Crippen molar-refractivity contribution < 1.29 is 14.5 Å². The molecule has 1 aromatic heterocycles. The van der Waals surface area contributed by atoms with Crippen LogP contribution in [0, 0.1) is 15.5 Å². The molecular formula is C18H19N3O5. The van der Waals surface area contributed by atoms with Crippen molar-refractivity contribution in [2.75, 3.05) is 5.32 Å². The molecule has 0 saturated heterocycles. The fraction of sp³-hybridized carbons (Fsp3) is 0.278. The van der Waals surface area contributed by atoms with Gasteiger partial charge in [-0.3, -0.25) is 24.5 Å². The molecule has 26 heavy (non-hydrogen) atoms. The Morgan fingerprint density at radius 2 is 1.73 bits per heavy atom. The molecule has 0 fully saturated rings. The lowest BCUT2D eigenvalue weighted by atomic mass is 9.95. The number of nitrogens with zero attached hydrogens (tertiary/aromatic N) is 2. The fourth-order valence-corrected chi connectivity index (χ4v) is 2.05. The van der Waals surface area contributed by atoms with Gasteiger partial charge in [-0.2, -0.15) is 0 Å². The molecule has 1 N–H and O–H groups in total. The highest BCUT2D eigenvalue weighted by molar-refractivity contribution is 5.98. The van der Waals surface area contributed by atoms with Crippen molar-refractivity contribution >= 4 is 23.1 Å². The number of hydrogen-bond donors (Lipinski definition) is 1. The van der Waals surface area contributed by atoms with E-state index in [1.807, 2.05) is 0 Å². The summed E-state index contributed by atoms with van der Waals surface area (Å²) >= 11 is 0. The summed E-state index contributed by atoms with van der Waals surface area (Å²) in [5.74, 6) is -0.527. The fourth-order valence-electron chi connectivity index (χ4n) is 2.05. The van der Waals surface area contributed by atoms with Gasteiger partial charge in [-0.25, -0.2) is 0 Å². The number of rotatable bonds is 5. The summed E-state index contributed by atoms with van der Waals surface area (Å²) < 4.78 is 0.996. The van der Waals surface area contributed by atoms with Crippen molar-refractivity contribution in [3.05, 3.63) is 68.6 Å². The zero-order valence-electron chi connectivity index (χ0n) is 14.7. The molecule has 0 radical (unpaired) electrons. The zero-order valence-corrected chi connectivity index (χ0v) is 14.7. The molecule has 136 valence electrons. The van der Waals surface area contributed by atoms with E-state index in [4.69, 9.17) is 0 Å². The average molecular weight is 357 g/mol. The van der Waals surface area contributed by atoms with Gasteiger partial charge in [0.1, 0.15) is 0 Å². The van der Waals surface area contributed by atoms with Crippen molar-refractivity contribution in [3.63, 3.8) is 0 Å². The molecule has 2 rings (SSSR count). The van der Waals surface area contributed by atoms with Crippen molar-refractivity contribution in [2.24, 2.45) is 5.41 Å². The second-order valence-electron chi connectivity index (χ2n) is 6.82. The van der Waals surface area contributed by atoms with Crippen LogP contribution < -0.4 is 10.9 Å². The van der Waals surface area contributed by atoms with Gasteiger partial charge in [0.05, 0.1) is 17.7 Å². The van der Waals surface area contributed by atoms with E-state index >= 15 is 0 Å². The Bertz CT molecular complexity index is 908. The normalized spacial score (nSPS) is 11.0. The molecule has 0 aliphatic rings. The first-order valence-corrected chi connectivity index (χ1v) is 7.87. The van der Waals surface area contributed by atoms with Crippen LogP contribution in [-0.4, -0.2) is 21.2 Å². The van der Waals surface area contributed by atoms with Gasteiger partial charge in [-0.15, -0.1) is 0 Å². The number of benzene rings is 1. The highest BCUT2D eigenvalue weighted by Crippen LogP contribution is 2.18. The first-order chi connectivity index (χ1) is 12.1. The van der Waals surface area contributed by atoms with E-state index in [1.54, 1.807) is 32.9 Å². The first kappa shape index (κ1) is 19.0. The van der Waals surface area contributed by atoms with E-state index in [0.29, 0.717) is 11.3 Å². The largest absolute Gasteiger partial charge is 0.326 e. The number of aromatic nitrogens is 1. The Labute approximate surface area is 149 Å². The standard InChI is InChI=1S/C18H19N3O5/c1-18(2,3)17(24)19-13-6-4-12(5-7-13)15(22)11-20-10-14(21(25)26)8-9-16(20)23/h4-10H,11H2,1-3H3,(H,19,24). The predicted molar refractivity (Wildman–Crippen MR) is 96.2 cm³/mol. The highest BCUT2D eigenvalue weighted by Gasteiger charge is 2.21. The number of nitrogens with one attached hydrogen (secondary N) is 1. The van der Waals surface area contributed by atoms with Crippen LogP contribution in [0.2, 0.25) is 0 Å². The van der Waals surface area contributed by atoms with E-state index in [9.17, 15) is 24.5 Å². The maximum absolute atomic E-state index is 12.3. The molecule has 0 bridgehead atoms. The van der Waals surface area contributed by atoms with Crippen molar-refractivity contribution in [1.29, 1.82) is 0 Å². The Balaban J connectivity index is 2.14. The average Bonchev–Trinajstić information content (AvgIpc) is 2.56. The van der Waals surface area contributed by atoms with Crippen LogP contribution >= 0.6 is 0 Å². The molecule has 1 aromatic carbocycles. The summed E-state index contributed by atoms with van der Waals surface area (Å²) in [5, 5.41) is 13.5. The topological polar surface area (TPSA) is 111 Å². The number of pyridine rings is 1. The highest BCUT2D eigenvalue weighted by atomic mass is 16.6. The summed E-state index contributed by atoms with van der Waals surface area (Å²) in [6.07, 6.45) is 1.04.